The van der Waals surface area contributed by atoms with Crippen molar-refractivity contribution in [3.8, 4) is 0 Å². The lowest BCUT2D eigenvalue weighted by Crippen LogP contribution is -1.95. The van der Waals surface area contributed by atoms with E-state index in [1.807, 2.05) is 0 Å². The second-order valence-corrected chi connectivity index (χ2v) is 2.93. The van der Waals surface area contributed by atoms with Gasteiger partial charge in [-0.15, -0.1) is 0 Å². The number of hydrogen-bond acceptors (Lipinski definition) is 1. The van der Waals surface area contributed by atoms with Gasteiger partial charge in [-0.3, -0.25) is 0 Å². The SMILES string of the molecule is Cc1c(N)cc2n1CCC2. The van der Waals surface area contributed by atoms with Crippen LogP contribution in [0.2, 0.25) is 0 Å². The van der Waals surface area contributed by atoms with Crippen LogP contribution in [-0.2, 0) is 13.0 Å². The van der Waals surface area contributed by atoms with Gasteiger partial charge in [0.15, 0.2) is 0 Å². The molecule has 0 saturated carbocycles. The molecule has 0 bridgehead atoms. The van der Waals surface area contributed by atoms with Crippen LogP contribution in [0.1, 0.15) is 17.8 Å². The Hall–Kier alpha value is -0.920. The summed E-state index contributed by atoms with van der Waals surface area (Å²) in [6, 6.07) is 2.10. The molecule has 2 nitrogen and oxygen atoms in total. The molecule has 0 aromatic carbocycles. The van der Waals surface area contributed by atoms with Gasteiger partial charge in [-0.1, -0.05) is 0 Å². The maximum Gasteiger partial charge on any atom is 0.0526 e. The van der Waals surface area contributed by atoms with Crippen molar-refractivity contribution in [3.05, 3.63) is 17.5 Å². The Labute approximate surface area is 60.6 Å². The molecule has 0 fully saturated rings. The molecular formula is C8H12N2. The first-order chi connectivity index (χ1) is 4.79. The lowest BCUT2D eigenvalue weighted by molar-refractivity contribution is 0.730. The van der Waals surface area contributed by atoms with Crippen molar-refractivity contribution in [3.63, 3.8) is 0 Å². The molecule has 0 saturated heterocycles. The van der Waals surface area contributed by atoms with Crippen LogP contribution >= 0.6 is 0 Å². The van der Waals surface area contributed by atoms with Gasteiger partial charge in [-0.25, -0.2) is 0 Å². The molecule has 0 unspecified atom stereocenters. The van der Waals surface area contributed by atoms with E-state index in [0.717, 1.165) is 5.69 Å². The average Bonchev–Trinajstić information content (AvgIpc) is 2.41. The third-order valence-electron chi connectivity index (χ3n) is 2.31. The van der Waals surface area contributed by atoms with Crippen LogP contribution in [0.5, 0.6) is 0 Å². The second kappa shape index (κ2) is 1.78. The number of rotatable bonds is 0. The van der Waals surface area contributed by atoms with E-state index < -0.39 is 0 Å². The molecule has 0 aliphatic carbocycles. The van der Waals surface area contributed by atoms with Crippen LogP contribution in [0.15, 0.2) is 6.07 Å². The van der Waals surface area contributed by atoms with Gasteiger partial charge in [0.2, 0.25) is 0 Å². The molecule has 0 amide bonds. The van der Waals surface area contributed by atoms with Crippen molar-refractivity contribution >= 4 is 5.69 Å². The number of aryl methyl sites for hydroxylation is 1. The van der Waals surface area contributed by atoms with Crippen LogP contribution in [0.3, 0.4) is 0 Å². The second-order valence-electron chi connectivity index (χ2n) is 2.93. The van der Waals surface area contributed by atoms with Gasteiger partial charge in [0.25, 0.3) is 0 Å². The van der Waals surface area contributed by atoms with Crippen molar-refractivity contribution < 1.29 is 0 Å². The van der Waals surface area contributed by atoms with E-state index in [1.54, 1.807) is 0 Å². The highest BCUT2D eigenvalue weighted by Crippen LogP contribution is 2.23. The largest absolute Gasteiger partial charge is 0.397 e. The Morgan fingerprint density at radius 1 is 1.60 bits per heavy atom. The molecule has 2 heterocycles. The minimum absolute atomic E-state index is 0.953. The Balaban J connectivity index is 2.59. The summed E-state index contributed by atoms with van der Waals surface area (Å²) in [5.41, 5.74) is 9.34. The van der Waals surface area contributed by atoms with Gasteiger partial charge in [-0.05, 0) is 25.8 Å². The summed E-state index contributed by atoms with van der Waals surface area (Å²) in [6.07, 6.45) is 2.49. The molecule has 1 aromatic heterocycles. The molecule has 0 spiro atoms. The predicted molar refractivity (Wildman–Crippen MR) is 41.9 cm³/mol. The van der Waals surface area contributed by atoms with E-state index >= 15 is 0 Å². The molecular weight excluding hydrogens is 124 g/mol. The molecule has 1 aliphatic rings. The zero-order chi connectivity index (χ0) is 7.14. The van der Waals surface area contributed by atoms with Crippen LogP contribution in [-0.4, -0.2) is 4.57 Å². The molecule has 10 heavy (non-hydrogen) atoms. The highest BCUT2D eigenvalue weighted by molar-refractivity contribution is 5.47. The Morgan fingerprint density at radius 3 is 3.10 bits per heavy atom. The van der Waals surface area contributed by atoms with Gasteiger partial charge in [-0.2, -0.15) is 0 Å². The number of fused-ring (bicyclic) bond motifs is 1. The zero-order valence-electron chi connectivity index (χ0n) is 6.22. The van der Waals surface area contributed by atoms with Gasteiger partial charge in [0, 0.05) is 17.9 Å². The molecule has 2 rings (SSSR count). The summed E-state index contributed by atoms with van der Waals surface area (Å²) in [5, 5.41) is 0. The summed E-state index contributed by atoms with van der Waals surface area (Å²) < 4.78 is 2.31. The van der Waals surface area contributed by atoms with E-state index in [1.165, 1.54) is 30.8 Å². The minimum atomic E-state index is 0.953. The monoisotopic (exact) mass is 136 g/mol. The van der Waals surface area contributed by atoms with Crippen LogP contribution in [0.25, 0.3) is 0 Å². The predicted octanol–water partition coefficient (Wildman–Crippen LogP) is 1.32. The third-order valence-corrected chi connectivity index (χ3v) is 2.31. The molecule has 1 aromatic rings. The number of nitrogens with zero attached hydrogens (tertiary/aromatic N) is 1. The lowest BCUT2D eigenvalue weighted by Gasteiger charge is -1.99. The van der Waals surface area contributed by atoms with Crippen LogP contribution in [0, 0.1) is 6.92 Å². The topological polar surface area (TPSA) is 30.9 Å². The number of nitrogen functional groups attached to an aromatic ring is 1. The number of hydrogen-bond donors (Lipinski definition) is 1. The Bertz CT molecular complexity index is 260. The van der Waals surface area contributed by atoms with Gasteiger partial charge in [0.1, 0.15) is 0 Å². The fourth-order valence-corrected chi connectivity index (χ4v) is 1.67. The van der Waals surface area contributed by atoms with E-state index in [-0.39, 0.29) is 0 Å². The van der Waals surface area contributed by atoms with Crippen LogP contribution in [0.4, 0.5) is 5.69 Å². The van der Waals surface area contributed by atoms with Crippen molar-refractivity contribution in [1.29, 1.82) is 0 Å². The van der Waals surface area contributed by atoms with Crippen molar-refractivity contribution in [2.75, 3.05) is 5.73 Å². The van der Waals surface area contributed by atoms with Gasteiger partial charge < -0.3 is 10.3 Å². The van der Waals surface area contributed by atoms with Crippen LogP contribution < -0.4 is 5.73 Å². The summed E-state index contributed by atoms with van der Waals surface area (Å²) in [7, 11) is 0. The first kappa shape index (κ1) is 5.83. The minimum Gasteiger partial charge on any atom is -0.397 e. The smallest absolute Gasteiger partial charge is 0.0526 e. The molecule has 2 heteroatoms. The lowest BCUT2D eigenvalue weighted by atomic mass is 10.3. The van der Waals surface area contributed by atoms with Crippen molar-refractivity contribution in [2.24, 2.45) is 0 Å². The number of anilines is 1. The highest BCUT2D eigenvalue weighted by Gasteiger charge is 2.13. The zero-order valence-corrected chi connectivity index (χ0v) is 6.22. The van der Waals surface area contributed by atoms with Gasteiger partial charge >= 0.3 is 0 Å². The maximum atomic E-state index is 5.73. The Morgan fingerprint density at radius 2 is 2.40 bits per heavy atom. The maximum absolute atomic E-state index is 5.73. The summed E-state index contributed by atoms with van der Waals surface area (Å²) in [5.74, 6) is 0. The Kier molecular flexibility index (Phi) is 1.04. The van der Waals surface area contributed by atoms with E-state index in [4.69, 9.17) is 5.73 Å². The highest BCUT2D eigenvalue weighted by atomic mass is 15.0. The molecule has 0 atom stereocenters. The van der Waals surface area contributed by atoms with E-state index in [9.17, 15) is 0 Å². The van der Waals surface area contributed by atoms with Crippen molar-refractivity contribution in [1.82, 2.24) is 4.57 Å². The summed E-state index contributed by atoms with van der Waals surface area (Å²) in [4.78, 5) is 0. The summed E-state index contributed by atoms with van der Waals surface area (Å²) >= 11 is 0. The molecule has 54 valence electrons. The third kappa shape index (κ3) is 0.589. The molecule has 0 radical (unpaired) electrons. The molecule has 1 aliphatic heterocycles. The fourth-order valence-electron chi connectivity index (χ4n) is 1.67. The fraction of sp³-hybridized carbons (Fsp3) is 0.500. The normalized spacial score (nSPS) is 15.7. The first-order valence-electron chi connectivity index (χ1n) is 3.73. The van der Waals surface area contributed by atoms with E-state index in [0.29, 0.717) is 0 Å². The average molecular weight is 136 g/mol. The van der Waals surface area contributed by atoms with E-state index in [2.05, 4.69) is 17.6 Å². The number of aromatic nitrogens is 1. The first-order valence-corrected chi connectivity index (χ1v) is 3.73. The quantitative estimate of drug-likeness (QED) is 0.573. The molecule has 2 N–H and O–H groups in total. The van der Waals surface area contributed by atoms with Gasteiger partial charge in [0.05, 0.1) is 5.69 Å². The van der Waals surface area contributed by atoms with Crippen molar-refractivity contribution in [2.45, 2.75) is 26.3 Å². The number of nitrogens with two attached hydrogens (primary N) is 1. The standard InChI is InChI=1S/C8H12N2/c1-6-8(9)5-7-3-2-4-10(6)7/h5H,2-4,9H2,1H3. The summed E-state index contributed by atoms with van der Waals surface area (Å²) in [6.45, 7) is 3.25.